The molecular formula is C20H22N4O7. The van der Waals surface area contributed by atoms with Crippen molar-refractivity contribution in [2.75, 3.05) is 26.3 Å². The molecule has 1 aromatic carbocycles. The third-order valence-electron chi connectivity index (χ3n) is 4.59. The van der Waals surface area contributed by atoms with E-state index in [1.54, 1.807) is 29.2 Å². The van der Waals surface area contributed by atoms with Gasteiger partial charge in [0.15, 0.2) is 18.1 Å². The van der Waals surface area contributed by atoms with Crippen molar-refractivity contribution in [3.05, 3.63) is 50.1 Å². The molecule has 11 heteroatoms. The maximum Gasteiger partial charge on any atom is 0.395 e. The molecule has 3 rings (SSSR count). The first-order chi connectivity index (χ1) is 14.9. The average molecular weight is 430 g/mol. The van der Waals surface area contributed by atoms with E-state index in [4.69, 9.17) is 9.47 Å². The summed E-state index contributed by atoms with van der Waals surface area (Å²) >= 11 is 0. The Kier molecular flexibility index (Phi) is 6.85. The number of hydrogen-bond donors (Lipinski definition) is 2. The molecule has 1 amide bonds. The van der Waals surface area contributed by atoms with Crippen molar-refractivity contribution in [3.8, 4) is 17.4 Å². The zero-order chi connectivity index (χ0) is 22.4. The Morgan fingerprint density at radius 3 is 2.68 bits per heavy atom. The van der Waals surface area contributed by atoms with Crippen molar-refractivity contribution in [2.24, 2.45) is 0 Å². The van der Waals surface area contributed by atoms with Crippen LogP contribution in [0.25, 0.3) is 12.2 Å². The number of nitrogens with one attached hydrogen (secondary N) is 1. The van der Waals surface area contributed by atoms with E-state index in [0.717, 1.165) is 25.9 Å². The van der Waals surface area contributed by atoms with Crippen LogP contribution in [0.4, 0.5) is 5.69 Å². The predicted octanol–water partition coefficient (Wildman–Crippen LogP) is 1.95. The minimum absolute atomic E-state index is 0.0532. The summed E-state index contributed by atoms with van der Waals surface area (Å²) in [7, 11) is 0. The highest BCUT2D eigenvalue weighted by molar-refractivity contribution is 5.78. The van der Waals surface area contributed by atoms with Crippen LogP contribution in [0.15, 0.2) is 23.0 Å². The molecule has 0 spiro atoms. The molecule has 1 fully saturated rings. The second-order valence-electron chi connectivity index (χ2n) is 6.73. The molecule has 1 aliphatic heterocycles. The maximum atomic E-state index is 12.2. The molecule has 0 aliphatic carbocycles. The Hall–Kier alpha value is -3.89. The molecular weight excluding hydrogens is 408 g/mol. The van der Waals surface area contributed by atoms with Gasteiger partial charge < -0.3 is 24.5 Å². The summed E-state index contributed by atoms with van der Waals surface area (Å²) in [6, 6.07) is 5.04. The number of H-pyrrole nitrogens is 1. The highest BCUT2D eigenvalue weighted by Crippen LogP contribution is 2.29. The minimum atomic E-state index is -1.06. The number of carbonyl (C=O) groups is 1. The number of carbonyl (C=O) groups excluding carboxylic acids is 1. The SMILES string of the molecule is CCOc1cc(/C=C/c2nc(O)c([N+](=O)[O-])c(=O)[nH]2)ccc1OCC(=O)N1CCCC1. The predicted molar refractivity (Wildman–Crippen MR) is 111 cm³/mol. The normalized spacial score (nSPS) is 13.5. The first kappa shape index (κ1) is 21.8. The third-order valence-corrected chi connectivity index (χ3v) is 4.59. The highest BCUT2D eigenvalue weighted by atomic mass is 16.6. The van der Waals surface area contributed by atoms with Crippen molar-refractivity contribution >= 4 is 23.7 Å². The van der Waals surface area contributed by atoms with E-state index in [9.17, 15) is 24.8 Å². The second-order valence-corrected chi connectivity index (χ2v) is 6.73. The standard InChI is InChI=1S/C20H22N4O7/c1-2-30-15-11-13(5-7-14(15)31-12-17(25)23-9-3-4-10-23)6-8-16-21-19(26)18(24(28)29)20(27)22-16/h5-8,11H,2-4,9-10,12H2,1H3,(H2,21,22,26,27)/b8-6+. The molecule has 11 nitrogen and oxygen atoms in total. The van der Waals surface area contributed by atoms with Gasteiger partial charge >= 0.3 is 11.2 Å². The van der Waals surface area contributed by atoms with E-state index in [1.165, 1.54) is 6.08 Å². The first-order valence-corrected chi connectivity index (χ1v) is 9.72. The van der Waals surface area contributed by atoms with Gasteiger partial charge in [0.05, 0.1) is 11.5 Å². The molecule has 164 valence electrons. The van der Waals surface area contributed by atoms with Crippen molar-refractivity contribution in [3.63, 3.8) is 0 Å². The van der Waals surface area contributed by atoms with Crippen LogP contribution in [0.5, 0.6) is 17.4 Å². The zero-order valence-corrected chi connectivity index (χ0v) is 16.9. The Morgan fingerprint density at radius 2 is 2.03 bits per heavy atom. The Balaban J connectivity index is 1.75. The van der Waals surface area contributed by atoms with Gasteiger partial charge in [0, 0.05) is 13.1 Å². The number of hydrogen-bond acceptors (Lipinski definition) is 8. The van der Waals surface area contributed by atoms with E-state index < -0.39 is 22.0 Å². The molecule has 0 atom stereocenters. The third kappa shape index (κ3) is 5.38. The maximum absolute atomic E-state index is 12.2. The summed E-state index contributed by atoms with van der Waals surface area (Å²) in [4.78, 5) is 41.3. The van der Waals surface area contributed by atoms with Crippen LogP contribution in [0, 0.1) is 10.1 Å². The van der Waals surface area contributed by atoms with E-state index in [0.29, 0.717) is 23.7 Å². The van der Waals surface area contributed by atoms with Gasteiger partial charge in [0.1, 0.15) is 5.82 Å². The summed E-state index contributed by atoms with van der Waals surface area (Å²) in [5.41, 5.74) is -1.42. The fourth-order valence-electron chi connectivity index (χ4n) is 3.10. The summed E-state index contributed by atoms with van der Waals surface area (Å²) < 4.78 is 11.2. The topological polar surface area (TPSA) is 148 Å². The largest absolute Gasteiger partial charge is 0.490 e. The monoisotopic (exact) mass is 430 g/mol. The van der Waals surface area contributed by atoms with Crippen LogP contribution in [0.1, 0.15) is 31.2 Å². The molecule has 0 radical (unpaired) electrons. The minimum Gasteiger partial charge on any atom is -0.490 e. The number of ether oxygens (including phenoxy) is 2. The second kappa shape index (κ2) is 9.74. The Bertz CT molecular complexity index is 1060. The van der Waals surface area contributed by atoms with Crippen LogP contribution < -0.4 is 15.0 Å². The van der Waals surface area contributed by atoms with Gasteiger partial charge in [-0.1, -0.05) is 12.1 Å². The van der Waals surface area contributed by atoms with Crippen LogP contribution in [0.3, 0.4) is 0 Å². The van der Waals surface area contributed by atoms with Crippen LogP contribution >= 0.6 is 0 Å². The summed E-state index contributed by atoms with van der Waals surface area (Å²) in [6.45, 7) is 3.62. The molecule has 0 unspecified atom stereocenters. The number of aromatic nitrogens is 2. The first-order valence-electron chi connectivity index (χ1n) is 9.72. The van der Waals surface area contributed by atoms with E-state index >= 15 is 0 Å². The van der Waals surface area contributed by atoms with Gasteiger partial charge in [-0.2, -0.15) is 4.98 Å². The van der Waals surface area contributed by atoms with E-state index in [2.05, 4.69) is 9.97 Å². The lowest BCUT2D eigenvalue weighted by atomic mass is 10.2. The zero-order valence-electron chi connectivity index (χ0n) is 16.9. The van der Waals surface area contributed by atoms with Gasteiger partial charge in [-0.15, -0.1) is 0 Å². The number of nitro groups is 1. The number of benzene rings is 1. The van der Waals surface area contributed by atoms with Crippen molar-refractivity contribution in [2.45, 2.75) is 19.8 Å². The molecule has 0 saturated carbocycles. The number of amides is 1. The number of aromatic amines is 1. The lowest BCUT2D eigenvalue weighted by Gasteiger charge is -2.17. The van der Waals surface area contributed by atoms with Crippen LogP contribution in [-0.2, 0) is 4.79 Å². The summed E-state index contributed by atoms with van der Waals surface area (Å²) in [5, 5.41) is 20.4. The quantitative estimate of drug-likeness (QED) is 0.477. The Labute approximate surface area is 177 Å². The van der Waals surface area contributed by atoms with Gasteiger partial charge in [0.25, 0.3) is 11.8 Å². The van der Waals surface area contributed by atoms with Gasteiger partial charge in [-0.25, -0.2) is 0 Å². The molecule has 1 saturated heterocycles. The lowest BCUT2D eigenvalue weighted by Crippen LogP contribution is -2.32. The molecule has 0 bridgehead atoms. The lowest BCUT2D eigenvalue weighted by molar-refractivity contribution is -0.387. The summed E-state index contributed by atoms with van der Waals surface area (Å²) in [6.07, 6.45) is 4.96. The van der Waals surface area contributed by atoms with Gasteiger partial charge in [-0.05, 0) is 43.5 Å². The smallest absolute Gasteiger partial charge is 0.395 e. The fraction of sp³-hybridized carbons (Fsp3) is 0.350. The van der Waals surface area contributed by atoms with E-state index in [1.807, 2.05) is 6.92 Å². The molecule has 2 heterocycles. The number of aromatic hydroxyl groups is 1. The van der Waals surface area contributed by atoms with Gasteiger partial charge in [-0.3, -0.25) is 19.7 Å². The van der Waals surface area contributed by atoms with Crippen molar-refractivity contribution in [1.82, 2.24) is 14.9 Å². The van der Waals surface area contributed by atoms with Crippen LogP contribution in [-0.4, -0.2) is 57.1 Å². The Morgan fingerprint density at radius 1 is 1.29 bits per heavy atom. The van der Waals surface area contributed by atoms with Crippen LogP contribution in [0.2, 0.25) is 0 Å². The average Bonchev–Trinajstić information content (AvgIpc) is 3.26. The molecule has 1 aliphatic rings. The molecule has 1 aromatic heterocycles. The summed E-state index contributed by atoms with van der Waals surface area (Å²) in [5.74, 6) is -0.229. The van der Waals surface area contributed by atoms with Crippen molar-refractivity contribution in [1.29, 1.82) is 0 Å². The number of nitrogens with zero attached hydrogens (tertiary/aromatic N) is 3. The number of rotatable bonds is 8. The molecule has 2 N–H and O–H groups in total. The molecule has 31 heavy (non-hydrogen) atoms. The fourth-order valence-corrected chi connectivity index (χ4v) is 3.10. The van der Waals surface area contributed by atoms with Crippen molar-refractivity contribution < 1.29 is 24.3 Å². The number of likely N-dealkylation sites (tertiary alicyclic amines) is 1. The van der Waals surface area contributed by atoms with Gasteiger partial charge in [0.2, 0.25) is 0 Å². The van der Waals surface area contributed by atoms with E-state index in [-0.39, 0.29) is 18.3 Å². The molecule has 2 aromatic rings. The highest BCUT2D eigenvalue weighted by Gasteiger charge is 2.21.